The third kappa shape index (κ3) is 4.21. The van der Waals surface area contributed by atoms with Gasteiger partial charge in [0.05, 0.1) is 18.8 Å². The number of hydrogen-bond acceptors (Lipinski definition) is 5. The van der Waals surface area contributed by atoms with E-state index in [1.165, 1.54) is 17.7 Å². The quantitative estimate of drug-likeness (QED) is 0.692. The third-order valence-electron chi connectivity index (χ3n) is 6.22. The molecular weight excluding hydrogens is 434 g/mol. The summed E-state index contributed by atoms with van der Waals surface area (Å²) in [5.41, 5.74) is -1.88. The second-order valence-corrected chi connectivity index (χ2v) is 8.61. The number of benzene rings is 1. The van der Waals surface area contributed by atoms with Crippen LogP contribution in [-0.4, -0.2) is 45.8 Å². The van der Waals surface area contributed by atoms with Crippen LogP contribution in [0, 0.1) is 11.6 Å². The molecule has 2 aliphatic rings. The van der Waals surface area contributed by atoms with Crippen molar-refractivity contribution in [2.24, 2.45) is 0 Å². The van der Waals surface area contributed by atoms with E-state index in [0.717, 1.165) is 49.1 Å². The van der Waals surface area contributed by atoms with Gasteiger partial charge >= 0.3 is 5.97 Å². The van der Waals surface area contributed by atoms with Crippen LogP contribution < -0.4 is 10.2 Å². The summed E-state index contributed by atoms with van der Waals surface area (Å²) in [5, 5.41) is 7.17. The lowest BCUT2D eigenvalue weighted by atomic mass is 9.91. The average molecular weight is 460 g/mol. The monoisotopic (exact) mass is 460 g/mol. The molecule has 1 aliphatic carbocycles. The molecule has 0 spiro atoms. The molecule has 1 unspecified atom stereocenters. The minimum Gasteiger partial charge on any atom is -0.461 e. The van der Waals surface area contributed by atoms with Gasteiger partial charge in [-0.3, -0.25) is 19.2 Å². The number of anilines is 1. The molecule has 1 aliphatic heterocycles. The SMILES string of the molecule is CCOC(=O)c1cc2n(n1)CC(C)(C(=O)NC1CCCCC1)N(c1ccc(F)cc1F)C2=O. The van der Waals surface area contributed by atoms with Crippen molar-refractivity contribution in [3.63, 3.8) is 0 Å². The van der Waals surface area contributed by atoms with Crippen LogP contribution in [0.3, 0.4) is 0 Å². The Labute approximate surface area is 189 Å². The van der Waals surface area contributed by atoms with Crippen molar-refractivity contribution in [1.82, 2.24) is 15.1 Å². The second kappa shape index (κ2) is 8.92. The highest BCUT2D eigenvalue weighted by Gasteiger charge is 2.50. The van der Waals surface area contributed by atoms with E-state index in [2.05, 4.69) is 10.4 Å². The first-order valence-corrected chi connectivity index (χ1v) is 11.1. The molecule has 0 radical (unpaired) electrons. The van der Waals surface area contributed by atoms with Gasteiger partial charge in [0, 0.05) is 18.2 Å². The average Bonchev–Trinajstić information content (AvgIpc) is 3.20. The van der Waals surface area contributed by atoms with E-state index in [1.807, 2.05) is 0 Å². The fraction of sp³-hybridized carbons (Fsp3) is 0.478. The van der Waals surface area contributed by atoms with Gasteiger partial charge in [-0.15, -0.1) is 0 Å². The molecule has 0 bridgehead atoms. The van der Waals surface area contributed by atoms with E-state index in [4.69, 9.17) is 4.74 Å². The number of halogens is 2. The smallest absolute Gasteiger partial charge is 0.358 e. The van der Waals surface area contributed by atoms with E-state index < -0.39 is 35.0 Å². The summed E-state index contributed by atoms with van der Waals surface area (Å²) < 4.78 is 34.6. The van der Waals surface area contributed by atoms with E-state index >= 15 is 0 Å². The Morgan fingerprint density at radius 2 is 1.94 bits per heavy atom. The Hall–Kier alpha value is -3.30. The number of aromatic nitrogens is 2. The molecular formula is C23H26F2N4O4. The molecule has 4 rings (SSSR count). The number of esters is 1. The summed E-state index contributed by atoms with van der Waals surface area (Å²) in [6.07, 6.45) is 4.72. The summed E-state index contributed by atoms with van der Waals surface area (Å²) in [5.74, 6) is -3.68. The van der Waals surface area contributed by atoms with Crippen LogP contribution in [0.2, 0.25) is 0 Å². The first kappa shape index (κ1) is 22.9. The number of fused-ring (bicyclic) bond motifs is 1. The molecule has 2 heterocycles. The van der Waals surface area contributed by atoms with E-state index in [-0.39, 0.29) is 36.3 Å². The number of amides is 2. The number of ether oxygens (including phenoxy) is 1. The van der Waals surface area contributed by atoms with Crippen LogP contribution in [0.5, 0.6) is 0 Å². The fourth-order valence-electron chi connectivity index (χ4n) is 4.51. The van der Waals surface area contributed by atoms with Gasteiger partial charge in [-0.2, -0.15) is 5.10 Å². The Bertz CT molecular complexity index is 1100. The molecule has 0 saturated heterocycles. The van der Waals surface area contributed by atoms with Crippen molar-refractivity contribution in [3.8, 4) is 0 Å². The van der Waals surface area contributed by atoms with Gasteiger partial charge in [0.1, 0.15) is 22.9 Å². The van der Waals surface area contributed by atoms with Crippen LogP contribution in [0.4, 0.5) is 14.5 Å². The second-order valence-electron chi connectivity index (χ2n) is 8.61. The van der Waals surface area contributed by atoms with Crippen molar-refractivity contribution < 1.29 is 27.9 Å². The highest BCUT2D eigenvalue weighted by atomic mass is 19.1. The maximum atomic E-state index is 14.8. The third-order valence-corrected chi connectivity index (χ3v) is 6.22. The molecule has 176 valence electrons. The zero-order valence-corrected chi connectivity index (χ0v) is 18.6. The highest BCUT2D eigenvalue weighted by molar-refractivity contribution is 6.12. The van der Waals surface area contributed by atoms with Crippen molar-refractivity contribution in [2.45, 2.75) is 64.1 Å². The topological polar surface area (TPSA) is 93.5 Å². The molecule has 1 fully saturated rings. The van der Waals surface area contributed by atoms with Gasteiger partial charge in [0.15, 0.2) is 5.69 Å². The summed E-state index contributed by atoms with van der Waals surface area (Å²) in [6, 6.07) is 4.03. The minimum atomic E-state index is -1.57. The summed E-state index contributed by atoms with van der Waals surface area (Å²) in [6.45, 7) is 3.16. The van der Waals surface area contributed by atoms with Crippen LogP contribution in [-0.2, 0) is 16.1 Å². The molecule has 1 aromatic carbocycles. The Morgan fingerprint density at radius 3 is 2.61 bits per heavy atom. The number of nitrogens with one attached hydrogen (secondary N) is 1. The van der Waals surface area contributed by atoms with Crippen LogP contribution in [0.25, 0.3) is 0 Å². The predicted molar refractivity (Wildman–Crippen MR) is 115 cm³/mol. The molecule has 10 heteroatoms. The van der Waals surface area contributed by atoms with Crippen molar-refractivity contribution in [2.75, 3.05) is 11.5 Å². The van der Waals surface area contributed by atoms with Crippen LogP contribution in [0.1, 0.15) is 66.9 Å². The maximum absolute atomic E-state index is 14.8. The summed E-state index contributed by atoms with van der Waals surface area (Å²) in [4.78, 5) is 40.2. The number of hydrogen-bond donors (Lipinski definition) is 1. The molecule has 8 nitrogen and oxygen atoms in total. The lowest BCUT2D eigenvalue weighted by molar-refractivity contribution is -0.127. The van der Waals surface area contributed by atoms with Crippen molar-refractivity contribution in [1.29, 1.82) is 0 Å². The van der Waals surface area contributed by atoms with Gasteiger partial charge in [-0.05, 0) is 38.8 Å². The zero-order chi connectivity index (χ0) is 23.8. The normalized spacial score (nSPS) is 21.0. The van der Waals surface area contributed by atoms with Gasteiger partial charge in [-0.25, -0.2) is 13.6 Å². The highest BCUT2D eigenvalue weighted by Crippen LogP contribution is 2.35. The number of carbonyl (C=O) groups is 3. The van der Waals surface area contributed by atoms with E-state index in [1.54, 1.807) is 6.92 Å². The lowest BCUT2D eigenvalue weighted by Crippen LogP contribution is -2.65. The molecule has 2 aromatic rings. The van der Waals surface area contributed by atoms with Gasteiger partial charge < -0.3 is 10.1 Å². The van der Waals surface area contributed by atoms with Gasteiger partial charge in [-0.1, -0.05) is 19.3 Å². The number of rotatable bonds is 5. The van der Waals surface area contributed by atoms with Crippen molar-refractivity contribution in [3.05, 3.63) is 47.3 Å². The van der Waals surface area contributed by atoms with Crippen LogP contribution in [0.15, 0.2) is 24.3 Å². The van der Waals surface area contributed by atoms with Gasteiger partial charge in [0.25, 0.3) is 5.91 Å². The number of carbonyl (C=O) groups excluding carboxylic acids is 3. The first-order chi connectivity index (χ1) is 15.7. The Morgan fingerprint density at radius 1 is 1.21 bits per heavy atom. The molecule has 1 saturated carbocycles. The molecule has 33 heavy (non-hydrogen) atoms. The number of nitrogens with zero attached hydrogens (tertiary/aromatic N) is 3. The van der Waals surface area contributed by atoms with Gasteiger partial charge in [0.2, 0.25) is 5.91 Å². The van der Waals surface area contributed by atoms with Crippen molar-refractivity contribution >= 4 is 23.5 Å². The molecule has 2 amide bonds. The zero-order valence-electron chi connectivity index (χ0n) is 18.6. The van der Waals surface area contributed by atoms with Crippen LogP contribution >= 0.6 is 0 Å². The molecule has 1 atom stereocenters. The fourth-order valence-corrected chi connectivity index (χ4v) is 4.51. The Kier molecular flexibility index (Phi) is 6.18. The maximum Gasteiger partial charge on any atom is 0.358 e. The summed E-state index contributed by atoms with van der Waals surface area (Å²) in [7, 11) is 0. The Balaban J connectivity index is 1.77. The first-order valence-electron chi connectivity index (χ1n) is 11.1. The minimum absolute atomic E-state index is 0.00437. The molecule has 1 N–H and O–H groups in total. The standard InChI is InChI=1S/C23H26F2N4O4/c1-3-33-21(31)17-12-19-20(30)29(18-10-9-14(24)11-16(18)25)23(2,13-28(19)27-17)22(32)26-15-7-5-4-6-8-15/h9-12,15H,3-8,13H2,1-2H3,(H,26,32). The molecule has 1 aromatic heterocycles. The predicted octanol–water partition coefficient (Wildman–Crippen LogP) is 3.21. The lowest BCUT2D eigenvalue weighted by Gasteiger charge is -2.44. The largest absolute Gasteiger partial charge is 0.461 e. The van der Waals surface area contributed by atoms with E-state index in [0.29, 0.717) is 6.07 Å². The summed E-state index contributed by atoms with van der Waals surface area (Å²) >= 11 is 0. The van der Waals surface area contributed by atoms with E-state index in [9.17, 15) is 23.2 Å².